The molecule has 2 atom stereocenters. The predicted molar refractivity (Wildman–Crippen MR) is 133 cm³/mol. The maximum atomic E-state index is 12.9. The first-order chi connectivity index (χ1) is 17.4. The van der Waals surface area contributed by atoms with Gasteiger partial charge in [-0.25, -0.2) is 14.7 Å². The number of H-pyrrole nitrogens is 1. The first-order valence-corrected chi connectivity index (χ1v) is 13.6. The van der Waals surface area contributed by atoms with Gasteiger partial charge in [0.25, 0.3) is 5.91 Å². The Hall–Kier alpha value is -3.10. The molecule has 1 fully saturated rings. The molecular weight excluding hydrogens is 506 g/mol. The molecule has 1 unspecified atom stereocenters. The first kappa shape index (κ1) is 24.6. The molecule has 190 valence electrons. The van der Waals surface area contributed by atoms with E-state index in [4.69, 9.17) is 5.73 Å². The van der Waals surface area contributed by atoms with E-state index < -0.39 is 29.0 Å². The molecule has 0 radical (unpaired) electrons. The molecule has 5 N–H and O–H groups in total. The highest BCUT2D eigenvalue weighted by Gasteiger charge is 2.54. The lowest BCUT2D eigenvalue weighted by Crippen LogP contribution is -2.70. The first-order valence-electron chi connectivity index (χ1n) is 11.5. The number of aromatic nitrogens is 4. The van der Waals surface area contributed by atoms with Crippen LogP contribution in [-0.2, 0) is 14.4 Å². The molecule has 1 saturated heterocycles. The fourth-order valence-electron chi connectivity index (χ4n) is 4.73. The van der Waals surface area contributed by atoms with E-state index in [-0.39, 0.29) is 23.8 Å². The number of carboxylic acids is 1. The number of aliphatic carboxylic acids is 1. The van der Waals surface area contributed by atoms with Crippen LogP contribution < -0.4 is 16.7 Å². The van der Waals surface area contributed by atoms with Crippen molar-refractivity contribution in [2.75, 3.05) is 18.1 Å². The van der Waals surface area contributed by atoms with Gasteiger partial charge in [0, 0.05) is 24.5 Å². The van der Waals surface area contributed by atoms with E-state index in [1.807, 2.05) is 0 Å². The van der Waals surface area contributed by atoms with Crippen LogP contribution in [0, 0.1) is 0 Å². The number of nitrogens with zero attached hydrogens (tertiary/aromatic N) is 4. The van der Waals surface area contributed by atoms with Crippen molar-refractivity contribution in [3.8, 4) is 0 Å². The van der Waals surface area contributed by atoms with E-state index in [0.29, 0.717) is 28.5 Å². The van der Waals surface area contributed by atoms with Gasteiger partial charge >= 0.3 is 11.7 Å². The minimum Gasteiger partial charge on any atom is -0.477 e. The predicted octanol–water partition coefficient (Wildman–Crippen LogP) is 0.468. The van der Waals surface area contributed by atoms with Crippen LogP contribution in [0.1, 0.15) is 32.1 Å². The van der Waals surface area contributed by atoms with Gasteiger partial charge in [0.2, 0.25) is 5.91 Å². The number of aromatic amines is 1. The number of thioether (sulfide) groups is 2. The van der Waals surface area contributed by atoms with Crippen LogP contribution in [0.3, 0.4) is 0 Å². The van der Waals surface area contributed by atoms with E-state index in [9.17, 15) is 24.3 Å². The van der Waals surface area contributed by atoms with Gasteiger partial charge in [0.1, 0.15) is 22.1 Å². The van der Waals surface area contributed by atoms with Crippen LogP contribution in [0.4, 0.5) is 0 Å². The lowest BCUT2D eigenvalue weighted by atomic mass is 9.89. The van der Waals surface area contributed by atoms with Crippen molar-refractivity contribution >= 4 is 47.0 Å². The second-order valence-electron chi connectivity index (χ2n) is 8.77. The monoisotopic (exact) mass is 531 g/mol. The van der Waals surface area contributed by atoms with E-state index in [2.05, 4.69) is 20.6 Å². The molecule has 2 aromatic heterocycles. The number of hydrogen-bond acceptors (Lipinski definition) is 9. The lowest BCUT2D eigenvalue weighted by molar-refractivity contribution is -0.150. The molecule has 0 saturated carbocycles. The Morgan fingerprint density at radius 1 is 1.22 bits per heavy atom. The fourth-order valence-corrected chi connectivity index (χ4v) is 7.07. The standard InChI is InChI=1S/C22H25N7O5S2/c23-8-12-4-2-1-3-11(12)7-15(30)24-17-19(31)28-18(21(32)33)13(10-36-20(17)28)9-35-16-6-5-14-25-26-22(34)29(14)27-16/h5-6,17,20H,1-4,7-10,23H2,(H,24,30)(H,26,34)(H,32,33)/t17?,20-/m0/s1. The third kappa shape index (κ3) is 4.55. The van der Waals surface area contributed by atoms with E-state index in [1.54, 1.807) is 12.1 Å². The van der Waals surface area contributed by atoms with Crippen LogP contribution in [0.25, 0.3) is 5.65 Å². The van der Waals surface area contributed by atoms with Gasteiger partial charge in [0.15, 0.2) is 5.65 Å². The number of carbonyl (C=O) groups is 3. The van der Waals surface area contributed by atoms with Crippen LogP contribution in [0.15, 0.2) is 44.4 Å². The second-order valence-corrected chi connectivity index (χ2v) is 10.9. The number of carbonyl (C=O) groups excluding carboxylic acids is 2. The summed E-state index contributed by atoms with van der Waals surface area (Å²) in [5.74, 6) is -1.19. The zero-order chi connectivity index (χ0) is 25.4. The SMILES string of the molecule is NCC1=C(CC(=O)NC2C(=O)N3C(C(=O)O)=C(CSc4ccc5n[nH]c(=O)n5n4)CS[C@@H]23)CCCC1. The molecule has 2 amide bonds. The Bertz CT molecular complexity index is 1360. The molecule has 0 aromatic carbocycles. The maximum Gasteiger partial charge on any atom is 0.364 e. The molecule has 36 heavy (non-hydrogen) atoms. The van der Waals surface area contributed by atoms with Crippen molar-refractivity contribution in [3.63, 3.8) is 0 Å². The number of β-lactam (4-membered cyclic amide) rings is 1. The van der Waals surface area contributed by atoms with Gasteiger partial charge in [-0.1, -0.05) is 11.1 Å². The van der Waals surface area contributed by atoms with Crippen LogP contribution in [-0.4, -0.2) is 77.1 Å². The van der Waals surface area contributed by atoms with Gasteiger partial charge in [-0.05, 0) is 43.4 Å². The molecule has 5 rings (SSSR count). The number of fused-ring (bicyclic) bond motifs is 2. The minimum absolute atomic E-state index is 0.0521. The molecule has 1 aliphatic carbocycles. The molecule has 4 heterocycles. The van der Waals surface area contributed by atoms with Gasteiger partial charge in [-0.2, -0.15) is 14.7 Å². The number of rotatable bonds is 8. The summed E-state index contributed by atoms with van der Waals surface area (Å²) in [6.45, 7) is 0.437. The third-order valence-electron chi connectivity index (χ3n) is 6.54. The summed E-state index contributed by atoms with van der Waals surface area (Å²) >= 11 is 2.69. The molecule has 2 aromatic rings. The number of amides is 2. The normalized spacial score (nSPS) is 22.0. The fraction of sp³-hybridized carbons (Fsp3) is 0.455. The van der Waals surface area contributed by atoms with E-state index >= 15 is 0 Å². The Balaban J connectivity index is 1.27. The largest absolute Gasteiger partial charge is 0.477 e. The topological polar surface area (TPSA) is 176 Å². The number of hydrogen-bond donors (Lipinski definition) is 4. The van der Waals surface area contributed by atoms with Gasteiger partial charge < -0.3 is 16.2 Å². The molecule has 12 nitrogen and oxygen atoms in total. The highest BCUT2D eigenvalue weighted by molar-refractivity contribution is 8.01. The summed E-state index contributed by atoms with van der Waals surface area (Å²) in [5, 5.41) is 23.1. The summed E-state index contributed by atoms with van der Waals surface area (Å²) in [5.41, 5.74) is 8.43. The summed E-state index contributed by atoms with van der Waals surface area (Å²) in [4.78, 5) is 50.8. The second kappa shape index (κ2) is 10.1. The molecule has 3 aliphatic rings. The number of nitrogens with two attached hydrogens (primary N) is 1. The lowest BCUT2D eigenvalue weighted by Gasteiger charge is -2.49. The number of nitrogens with one attached hydrogen (secondary N) is 2. The van der Waals surface area contributed by atoms with Crippen LogP contribution in [0.2, 0.25) is 0 Å². The molecule has 0 spiro atoms. The van der Waals surface area contributed by atoms with Crippen molar-refractivity contribution in [1.82, 2.24) is 30.0 Å². The Kier molecular flexibility index (Phi) is 6.90. The smallest absolute Gasteiger partial charge is 0.364 e. The van der Waals surface area contributed by atoms with Crippen molar-refractivity contribution < 1.29 is 19.5 Å². The Labute approximate surface area is 213 Å². The summed E-state index contributed by atoms with van der Waals surface area (Å²) in [6.07, 6.45) is 4.06. The summed E-state index contributed by atoms with van der Waals surface area (Å²) in [7, 11) is 0. The maximum absolute atomic E-state index is 12.9. The van der Waals surface area contributed by atoms with Crippen molar-refractivity contribution in [2.24, 2.45) is 5.73 Å². The van der Waals surface area contributed by atoms with Crippen LogP contribution >= 0.6 is 23.5 Å². The van der Waals surface area contributed by atoms with E-state index in [1.165, 1.54) is 28.4 Å². The summed E-state index contributed by atoms with van der Waals surface area (Å²) in [6, 6.07) is 2.57. The number of carboxylic acid groups (broad SMARTS) is 1. The van der Waals surface area contributed by atoms with Gasteiger partial charge in [-0.15, -0.1) is 23.5 Å². The highest BCUT2D eigenvalue weighted by Crippen LogP contribution is 2.41. The quantitative estimate of drug-likeness (QED) is 0.213. The van der Waals surface area contributed by atoms with Crippen molar-refractivity contribution in [3.05, 3.63) is 45.0 Å². The zero-order valence-corrected chi connectivity index (χ0v) is 20.9. The minimum atomic E-state index is -1.19. The average molecular weight is 532 g/mol. The Morgan fingerprint density at radius 3 is 2.75 bits per heavy atom. The molecule has 0 bridgehead atoms. The molecule has 14 heteroatoms. The molecule has 2 aliphatic heterocycles. The van der Waals surface area contributed by atoms with Crippen LogP contribution in [0.5, 0.6) is 0 Å². The van der Waals surface area contributed by atoms with Crippen molar-refractivity contribution in [1.29, 1.82) is 0 Å². The third-order valence-corrected chi connectivity index (χ3v) is 8.88. The van der Waals surface area contributed by atoms with Gasteiger partial charge in [0.05, 0.1) is 0 Å². The van der Waals surface area contributed by atoms with E-state index in [0.717, 1.165) is 41.3 Å². The highest BCUT2D eigenvalue weighted by atomic mass is 32.2. The van der Waals surface area contributed by atoms with Gasteiger partial charge in [-0.3, -0.25) is 14.5 Å². The summed E-state index contributed by atoms with van der Waals surface area (Å²) < 4.78 is 1.13. The van der Waals surface area contributed by atoms with Crippen molar-refractivity contribution in [2.45, 2.75) is 48.5 Å². The Morgan fingerprint density at radius 2 is 2.00 bits per heavy atom. The average Bonchev–Trinajstić information content (AvgIpc) is 3.25. The molecular formula is C22H25N7O5S2. The zero-order valence-electron chi connectivity index (χ0n) is 19.2.